The first-order chi connectivity index (χ1) is 8.10. The molecule has 1 saturated heterocycles. The van der Waals surface area contributed by atoms with Crippen LogP contribution in [0.4, 0.5) is 0 Å². The SMILES string of the molecule is CCCCCCC[C@H]1CC[C@@](C)(Br)[C@H](OC)O1. The number of hydrogen-bond acceptors (Lipinski definition) is 2. The minimum Gasteiger partial charge on any atom is -0.354 e. The third-order valence-electron chi connectivity index (χ3n) is 3.61. The van der Waals surface area contributed by atoms with E-state index in [9.17, 15) is 0 Å². The first-order valence-corrected chi connectivity index (χ1v) is 7.76. The Morgan fingerprint density at radius 3 is 2.65 bits per heavy atom. The van der Waals surface area contributed by atoms with Crippen LogP contribution in [0.5, 0.6) is 0 Å². The molecule has 0 aromatic rings. The number of halogens is 1. The van der Waals surface area contributed by atoms with Gasteiger partial charge in [0, 0.05) is 7.11 Å². The van der Waals surface area contributed by atoms with Gasteiger partial charge in [-0.2, -0.15) is 0 Å². The quantitative estimate of drug-likeness (QED) is 0.503. The Bertz CT molecular complexity index is 206. The number of hydrogen-bond donors (Lipinski definition) is 0. The lowest BCUT2D eigenvalue weighted by atomic mass is 9.95. The second kappa shape index (κ2) is 7.75. The van der Waals surface area contributed by atoms with Gasteiger partial charge in [-0.3, -0.25) is 0 Å². The molecule has 102 valence electrons. The highest BCUT2D eigenvalue weighted by atomic mass is 79.9. The molecule has 0 saturated carbocycles. The van der Waals surface area contributed by atoms with E-state index >= 15 is 0 Å². The van der Waals surface area contributed by atoms with Crippen LogP contribution in [0.1, 0.15) is 65.2 Å². The maximum absolute atomic E-state index is 5.99. The summed E-state index contributed by atoms with van der Waals surface area (Å²) < 4.78 is 11.4. The summed E-state index contributed by atoms with van der Waals surface area (Å²) in [5, 5.41) is 0. The van der Waals surface area contributed by atoms with Crippen molar-refractivity contribution in [3.63, 3.8) is 0 Å². The zero-order valence-corrected chi connectivity index (χ0v) is 13.1. The largest absolute Gasteiger partial charge is 0.354 e. The Morgan fingerprint density at radius 1 is 1.29 bits per heavy atom. The highest BCUT2D eigenvalue weighted by molar-refractivity contribution is 9.10. The van der Waals surface area contributed by atoms with Crippen LogP contribution >= 0.6 is 15.9 Å². The number of unbranched alkanes of at least 4 members (excludes halogenated alkanes) is 4. The van der Waals surface area contributed by atoms with E-state index in [1.807, 2.05) is 0 Å². The lowest BCUT2D eigenvalue weighted by molar-refractivity contribution is -0.194. The highest BCUT2D eigenvalue weighted by Crippen LogP contribution is 2.37. The van der Waals surface area contributed by atoms with Crippen LogP contribution in [0, 0.1) is 0 Å². The fourth-order valence-corrected chi connectivity index (χ4v) is 2.96. The molecule has 17 heavy (non-hydrogen) atoms. The topological polar surface area (TPSA) is 18.5 Å². The molecule has 2 nitrogen and oxygen atoms in total. The molecule has 0 bridgehead atoms. The Kier molecular flexibility index (Phi) is 7.05. The molecule has 0 amide bonds. The van der Waals surface area contributed by atoms with Crippen molar-refractivity contribution in [3.8, 4) is 0 Å². The van der Waals surface area contributed by atoms with Gasteiger partial charge in [-0.15, -0.1) is 0 Å². The number of alkyl halides is 1. The third-order valence-corrected chi connectivity index (χ3v) is 4.38. The molecular weight excluding hydrogens is 280 g/mol. The number of rotatable bonds is 7. The van der Waals surface area contributed by atoms with Crippen LogP contribution < -0.4 is 0 Å². The van der Waals surface area contributed by atoms with E-state index in [0.29, 0.717) is 6.10 Å². The molecule has 0 aromatic carbocycles. The lowest BCUT2D eigenvalue weighted by Gasteiger charge is -2.39. The summed E-state index contributed by atoms with van der Waals surface area (Å²) in [6, 6.07) is 0. The van der Waals surface area contributed by atoms with Gasteiger partial charge in [0.2, 0.25) is 0 Å². The van der Waals surface area contributed by atoms with E-state index in [2.05, 4.69) is 29.8 Å². The van der Waals surface area contributed by atoms with Gasteiger partial charge >= 0.3 is 0 Å². The van der Waals surface area contributed by atoms with Gasteiger partial charge in [0.1, 0.15) is 0 Å². The van der Waals surface area contributed by atoms with E-state index in [1.54, 1.807) is 7.11 Å². The molecule has 0 aromatic heterocycles. The molecule has 0 unspecified atom stereocenters. The van der Waals surface area contributed by atoms with Crippen molar-refractivity contribution in [1.29, 1.82) is 0 Å². The average molecular weight is 307 g/mol. The number of ether oxygens (including phenoxy) is 2. The van der Waals surface area contributed by atoms with Gasteiger partial charge in [-0.1, -0.05) is 55.0 Å². The van der Waals surface area contributed by atoms with Gasteiger partial charge in [-0.05, 0) is 26.2 Å². The second-order valence-electron chi connectivity index (χ2n) is 5.35. The summed E-state index contributed by atoms with van der Waals surface area (Å²) in [5.74, 6) is 0. The molecule has 1 heterocycles. The highest BCUT2D eigenvalue weighted by Gasteiger charge is 2.38. The van der Waals surface area contributed by atoms with Crippen molar-refractivity contribution in [2.75, 3.05) is 7.11 Å². The molecule has 1 aliphatic heterocycles. The summed E-state index contributed by atoms with van der Waals surface area (Å²) in [7, 11) is 1.73. The predicted octanol–water partition coefficient (Wildman–Crippen LogP) is 4.65. The summed E-state index contributed by atoms with van der Waals surface area (Å²) in [5.41, 5.74) is 0. The lowest BCUT2D eigenvalue weighted by Crippen LogP contribution is -2.44. The zero-order chi connectivity index (χ0) is 12.7. The van der Waals surface area contributed by atoms with Crippen molar-refractivity contribution in [2.24, 2.45) is 0 Å². The third kappa shape index (κ3) is 5.27. The van der Waals surface area contributed by atoms with Gasteiger partial charge in [0.25, 0.3) is 0 Å². The Balaban J connectivity index is 2.19. The summed E-state index contributed by atoms with van der Waals surface area (Å²) >= 11 is 3.70. The fourth-order valence-electron chi connectivity index (χ4n) is 2.43. The molecular formula is C14H27BrO2. The standard InChI is InChI=1S/C14H27BrO2/c1-4-5-6-7-8-9-12-10-11-14(2,15)13(16-3)17-12/h12-13H,4-11H2,1-3H3/t12-,13+,14+/m0/s1. The summed E-state index contributed by atoms with van der Waals surface area (Å²) in [6.45, 7) is 4.41. The van der Waals surface area contributed by atoms with Gasteiger partial charge in [0.05, 0.1) is 10.4 Å². The minimum absolute atomic E-state index is 0.0134. The van der Waals surface area contributed by atoms with Crippen LogP contribution in [0.25, 0.3) is 0 Å². The van der Waals surface area contributed by atoms with Crippen molar-refractivity contribution < 1.29 is 9.47 Å². The van der Waals surface area contributed by atoms with Crippen molar-refractivity contribution in [1.82, 2.24) is 0 Å². The van der Waals surface area contributed by atoms with Crippen molar-refractivity contribution in [2.45, 2.75) is 81.9 Å². The Morgan fingerprint density at radius 2 is 2.00 bits per heavy atom. The van der Waals surface area contributed by atoms with E-state index in [1.165, 1.54) is 38.5 Å². The van der Waals surface area contributed by atoms with Gasteiger partial charge < -0.3 is 9.47 Å². The smallest absolute Gasteiger partial charge is 0.172 e. The van der Waals surface area contributed by atoms with Gasteiger partial charge in [-0.25, -0.2) is 0 Å². The van der Waals surface area contributed by atoms with Crippen molar-refractivity contribution in [3.05, 3.63) is 0 Å². The normalized spacial score (nSPS) is 33.9. The van der Waals surface area contributed by atoms with E-state index in [-0.39, 0.29) is 10.6 Å². The van der Waals surface area contributed by atoms with E-state index in [0.717, 1.165) is 12.8 Å². The zero-order valence-electron chi connectivity index (χ0n) is 11.5. The van der Waals surface area contributed by atoms with E-state index in [4.69, 9.17) is 9.47 Å². The Hall–Kier alpha value is 0.400. The first kappa shape index (κ1) is 15.5. The second-order valence-corrected chi connectivity index (χ2v) is 7.16. The minimum atomic E-state index is -0.100. The average Bonchev–Trinajstić information content (AvgIpc) is 2.30. The van der Waals surface area contributed by atoms with Crippen LogP contribution in [0.15, 0.2) is 0 Å². The summed E-state index contributed by atoms with van der Waals surface area (Å²) in [6.07, 6.45) is 10.4. The van der Waals surface area contributed by atoms with Crippen molar-refractivity contribution >= 4 is 15.9 Å². The molecule has 1 aliphatic rings. The Labute approximate surface area is 115 Å². The van der Waals surface area contributed by atoms with Crippen LogP contribution in [0.3, 0.4) is 0 Å². The molecule has 0 spiro atoms. The molecule has 0 N–H and O–H groups in total. The first-order valence-electron chi connectivity index (χ1n) is 6.97. The van der Waals surface area contributed by atoms with Gasteiger partial charge in [0.15, 0.2) is 6.29 Å². The van der Waals surface area contributed by atoms with E-state index < -0.39 is 0 Å². The summed E-state index contributed by atoms with van der Waals surface area (Å²) in [4.78, 5) is 0. The molecule has 3 heteroatoms. The molecule has 1 fully saturated rings. The molecule has 1 rings (SSSR count). The van der Waals surface area contributed by atoms with Crippen LogP contribution in [-0.2, 0) is 9.47 Å². The monoisotopic (exact) mass is 306 g/mol. The number of methoxy groups -OCH3 is 1. The predicted molar refractivity (Wildman–Crippen MR) is 75.6 cm³/mol. The van der Waals surface area contributed by atoms with Crippen LogP contribution in [0.2, 0.25) is 0 Å². The maximum atomic E-state index is 5.99. The molecule has 0 radical (unpaired) electrons. The van der Waals surface area contributed by atoms with Crippen LogP contribution in [-0.4, -0.2) is 23.8 Å². The maximum Gasteiger partial charge on any atom is 0.172 e. The molecule has 0 aliphatic carbocycles. The fraction of sp³-hybridized carbons (Fsp3) is 1.00. The molecule has 3 atom stereocenters.